The molecule has 1 N–H and O–H groups in total. The van der Waals surface area contributed by atoms with Crippen LogP contribution in [-0.2, 0) is 20.4 Å². The van der Waals surface area contributed by atoms with Gasteiger partial charge in [0.15, 0.2) is 15.0 Å². The topological polar surface area (TPSA) is 76.1 Å². The van der Waals surface area contributed by atoms with Crippen molar-refractivity contribution in [3.63, 3.8) is 0 Å². The molecule has 1 aromatic heterocycles. The number of sulfone groups is 1. The van der Waals surface area contributed by atoms with Gasteiger partial charge < -0.3 is 5.32 Å². The molecular weight excluding hydrogens is 416 g/mol. The lowest BCUT2D eigenvalue weighted by molar-refractivity contribution is -0.115. The zero-order valence-electron chi connectivity index (χ0n) is 16.1. The molecule has 0 fully saturated rings. The Balaban J connectivity index is 1.39. The van der Waals surface area contributed by atoms with Crippen LogP contribution in [0.5, 0.6) is 0 Å². The number of aromatic nitrogens is 1. The van der Waals surface area contributed by atoms with Crippen LogP contribution in [0.25, 0.3) is 22.0 Å². The fraction of sp³-hybridized carbons (Fsp3) is 0.130. The lowest BCUT2D eigenvalue weighted by Gasteiger charge is -2.05. The SMILES string of the molecule is O=C(CCS(=O)(=O)Cc1ccccc1)Nc1nc(-c2cccc3ccccc23)cs1. The molecule has 0 aliphatic carbocycles. The molecule has 0 spiro atoms. The van der Waals surface area contributed by atoms with Crippen molar-refractivity contribution in [2.45, 2.75) is 12.2 Å². The third-order valence-electron chi connectivity index (χ3n) is 4.69. The maximum absolute atomic E-state index is 12.3. The number of anilines is 1. The van der Waals surface area contributed by atoms with Crippen LogP contribution in [0.2, 0.25) is 0 Å². The van der Waals surface area contributed by atoms with E-state index in [1.165, 1.54) is 11.3 Å². The standard InChI is InChI=1S/C23H20N2O3S2/c26-22(13-14-30(27,28)16-17-7-2-1-3-8-17)25-23-24-21(15-29-23)20-12-6-10-18-9-4-5-11-19(18)20/h1-12,15H,13-14,16H2,(H,24,25,26). The highest BCUT2D eigenvalue weighted by Crippen LogP contribution is 2.31. The number of rotatable bonds is 7. The van der Waals surface area contributed by atoms with Gasteiger partial charge in [-0.3, -0.25) is 4.79 Å². The molecule has 0 saturated carbocycles. The van der Waals surface area contributed by atoms with E-state index in [-0.39, 0.29) is 23.8 Å². The Hall–Kier alpha value is -3.03. The molecule has 3 aromatic carbocycles. The monoisotopic (exact) mass is 436 g/mol. The summed E-state index contributed by atoms with van der Waals surface area (Å²) in [6, 6.07) is 23.1. The van der Waals surface area contributed by atoms with Gasteiger partial charge in [0.05, 0.1) is 17.2 Å². The highest BCUT2D eigenvalue weighted by molar-refractivity contribution is 7.90. The van der Waals surface area contributed by atoms with Crippen molar-refractivity contribution < 1.29 is 13.2 Å². The van der Waals surface area contributed by atoms with Crippen molar-refractivity contribution in [3.05, 3.63) is 83.7 Å². The van der Waals surface area contributed by atoms with Crippen LogP contribution in [-0.4, -0.2) is 25.1 Å². The van der Waals surface area contributed by atoms with Crippen LogP contribution in [0.1, 0.15) is 12.0 Å². The molecule has 0 saturated heterocycles. The van der Waals surface area contributed by atoms with E-state index in [0.717, 1.165) is 27.6 Å². The third kappa shape index (κ3) is 4.93. The number of carbonyl (C=O) groups excluding carboxylic acids is 1. The van der Waals surface area contributed by atoms with Gasteiger partial charge in [0.1, 0.15) is 0 Å². The zero-order valence-corrected chi connectivity index (χ0v) is 17.7. The second kappa shape index (κ2) is 8.77. The van der Waals surface area contributed by atoms with Gasteiger partial charge in [-0.25, -0.2) is 13.4 Å². The van der Waals surface area contributed by atoms with Gasteiger partial charge in [-0.2, -0.15) is 0 Å². The summed E-state index contributed by atoms with van der Waals surface area (Å²) in [5, 5.41) is 7.29. The summed E-state index contributed by atoms with van der Waals surface area (Å²) in [5.74, 6) is -0.621. The van der Waals surface area contributed by atoms with Crippen LogP contribution in [0.15, 0.2) is 78.2 Å². The number of hydrogen-bond acceptors (Lipinski definition) is 5. The Labute approximate surface area is 179 Å². The summed E-state index contributed by atoms with van der Waals surface area (Å²) in [5.41, 5.74) is 2.50. The fourth-order valence-corrected chi connectivity index (χ4v) is 5.30. The van der Waals surface area contributed by atoms with E-state index in [4.69, 9.17) is 0 Å². The molecule has 4 rings (SSSR count). The van der Waals surface area contributed by atoms with Crippen LogP contribution in [0.4, 0.5) is 5.13 Å². The molecule has 0 unspecified atom stereocenters. The number of carbonyl (C=O) groups is 1. The van der Waals surface area contributed by atoms with Crippen LogP contribution in [0, 0.1) is 0 Å². The minimum atomic E-state index is -3.36. The molecule has 5 nitrogen and oxygen atoms in total. The molecule has 7 heteroatoms. The number of amides is 1. The molecule has 0 aliphatic rings. The van der Waals surface area contributed by atoms with Gasteiger partial charge in [0, 0.05) is 17.4 Å². The smallest absolute Gasteiger partial charge is 0.227 e. The van der Waals surface area contributed by atoms with Gasteiger partial charge in [-0.1, -0.05) is 72.8 Å². The molecule has 152 valence electrons. The van der Waals surface area contributed by atoms with E-state index in [1.54, 1.807) is 24.3 Å². The average molecular weight is 437 g/mol. The lowest BCUT2D eigenvalue weighted by Crippen LogP contribution is -2.18. The summed E-state index contributed by atoms with van der Waals surface area (Å²) < 4.78 is 24.6. The van der Waals surface area contributed by atoms with E-state index < -0.39 is 9.84 Å². The van der Waals surface area contributed by atoms with E-state index in [9.17, 15) is 13.2 Å². The van der Waals surface area contributed by atoms with Gasteiger partial charge in [-0.05, 0) is 16.3 Å². The van der Waals surface area contributed by atoms with Crippen molar-refractivity contribution in [2.75, 3.05) is 11.1 Å². The zero-order chi connectivity index (χ0) is 21.0. The van der Waals surface area contributed by atoms with Gasteiger partial charge in [-0.15, -0.1) is 11.3 Å². The fourth-order valence-electron chi connectivity index (χ4n) is 3.23. The first-order valence-electron chi connectivity index (χ1n) is 9.48. The predicted molar refractivity (Wildman–Crippen MR) is 122 cm³/mol. The average Bonchev–Trinajstić information content (AvgIpc) is 3.20. The van der Waals surface area contributed by atoms with Crippen molar-refractivity contribution in [3.8, 4) is 11.3 Å². The number of benzene rings is 3. The Morgan fingerprint density at radius 3 is 2.50 bits per heavy atom. The third-order valence-corrected chi connectivity index (χ3v) is 7.04. The van der Waals surface area contributed by atoms with E-state index in [2.05, 4.69) is 10.3 Å². The summed E-state index contributed by atoms with van der Waals surface area (Å²) in [6.07, 6.45) is -0.0989. The Morgan fingerprint density at radius 1 is 0.933 bits per heavy atom. The first-order chi connectivity index (χ1) is 14.5. The van der Waals surface area contributed by atoms with E-state index in [1.807, 2.05) is 53.9 Å². The van der Waals surface area contributed by atoms with Crippen molar-refractivity contribution in [1.29, 1.82) is 0 Å². The maximum atomic E-state index is 12.3. The maximum Gasteiger partial charge on any atom is 0.227 e. The van der Waals surface area contributed by atoms with Gasteiger partial charge in [0.25, 0.3) is 0 Å². The molecule has 4 aromatic rings. The molecule has 0 aliphatic heterocycles. The minimum absolute atomic E-state index is 0.0659. The van der Waals surface area contributed by atoms with Crippen LogP contribution >= 0.6 is 11.3 Å². The van der Waals surface area contributed by atoms with E-state index >= 15 is 0 Å². The van der Waals surface area contributed by atoms with Crippen LogP contribution < -0.4 is 5.32 Å². The van der Waals surface area contributed by atoms with Crippen molar-refractivity contribution >= 4 is 43.0 Å². The Morgan fingerprint density at radius 2 is 1.67 bits per heavy atom. The minimum Gasteiger partial charge on any atom is -0.302 e. The largest absolute Gasteiger partial charge is 0.302 e. The van der Waals surface area contributed by atoms with Crippen molar-refractivity contribution in [1.82, 2.24) is 4.98 Å². The lowest BCUT2D eigenvalue weighted by atomic mass is 10.0. The molecule has 0 atom stereocenters. The molecule has 0 bridgehead atoms. The molecular formula is C23H20N2O3S2. The second-order valence-corrected chi connectivity index (χ2v) is 9.98. The number of thiazole rings is 1. The van der Waals surface area contributed by atoms with E-state index in [0.29, 0.717) is 5.13 Å². The quantitative estimate of drug-likeness (QED) is 0.447. The molecule has 0 radical (unpaired) electrons. The molecule has 1 amide bonds. The highest BCUT2D eigenvalue weighted by atomic mass is 32.2. The van der Waals surface area contributed by atoms with Gasteiger partial charge in [0.2, 0.25) is 5.91 Å². The number of nitrogens with zero attached hydrogens (tertiary/aromatic N) is 1. The summed E-state index contributed by atoms with van der Waals surface area (Å²) in [4.78, 5) is 16.8. The number of nitrogens with one attached hydrogen (secondary N) is 1. The first-order valence-corrected chi connectivity index (χ1v) is 12.2. The Kier molecular flexibility index (Phi) is 5.92. The molecule has 30 heavy (non-hydrogen) atoms. The first kappa shape index (κ1) is 20.3. The second-order valence-electron chi connectivity index (χ2n) is 6.94. The summed E-state index contributed by atoms with van der Waals surface area (Å²) >= 11 is 1.32. The number of fused-ring (bicyclic) bond motifs is 1. The predicted octanol–water partition coefficient (Wildman–Crippen LogP) is 4.91. The summed E-state index contributed by atoms with van der Waals surface area (Å²) in [6.45, 7) is 0. The number of hydrogen-bond donors (Lipinski definition) is 1. The van der Waals surface area contributed by atoms with Gasteiger partial charge >= 0.3 is 0 Å². The molecule has 1 heterocycles. The van der Waals surface area contributed by atoms with Crippen molar-refractivity contribution in [2.24, 2.45) is 0 Å². The Bertz CT molecular complexity index is 1280. The summed E-state index contributed by atoms with van der Waals surface area (Å²) in [7, 11) is -3.36. The van der Waals surface area contributed by atoms with Crippen LogP contribution in [0.3, 0.4) is 0 Å². The highest BCUT2D eigenvalue weighted by Gasteiger charge is 2.16. The normalized spacial score (nSPS) is 11.5.